The third-order valence-corrected chi connectivity index (χ3v) is 6.81. The number of ether oxygens (including phenoxy) is 1. The number of amides is 2. The Balaban J connectivity index is 1.63. The lowest BCUT2D eigenvalue weighted by molar-refractivity contribution is -0.161. The Morgan fingerprint density at radius 3 is 2.39 bits per heavy atom. The van der Waals surface area contributed by atoms with Crippen LogP contribution in [0.15, 0.2) is 24.3 Å². The number of carbonyl (C=O) groups is 2. The molecule has 2 heterocycles. The number of piperidine rings is 1. The van der Waals surface area contributed by atoms with Crippen LogP contribution < -0.4 is 10.1 Å². The van der Waals surface area contributed by atoms with Crippen molar-refractivity contribution in [1.29, 1.82) is 0 Å². The van der Waals surface area contributed by atoms with Gasteiger partial charge in [-0.05, 0) is 55.7 Å². The Kier molecular flexibility index (Phi) is 7.98. The average Bonchev–Trinajstić information content (AvgIpc) is 2.77. The topological polar surface area (TPSA) is 61.9 Å². The third-order valence-electron chi connectivity index (χ3n) is 6.81. The van der Waals surface area contributed by atoms with Gasteiger partial charge in [0.05, 0.1) is 7.11 Å². The zero-order valence-electron chi connectivity index (χ0n) is 19.7. The molecular weight excluding hydrogens is 390 g/mol. The van der Waals surface area contributed by atoms with Gasteiger partial charge in [-0.3, -0.25) is 9.59 Å². The van der Waals surface area contributed by atoms with E-state index < -0.39 is 5.54 Å². The van der Waals surface area contributed by atoms with E-state index in [1.165, 1.54) is 5.56 Å². The summed E-state index contributed by atoms with van der Waals surface area (Å²) in [6.07, 6.45) is 5.06. The van der Waals surface area contributed by atoms with Crippen molar-refractivity contribution in [2.45, 2.75) is 70.9 Å². The maximum atomic E-state index is 13.3. The molecule has 0 aromatic heterocycles. The number of piperazine rings is 1. The van der Waals surface area contributed by atoms with Gasteiger partial charge in [-0.2, -0.15) is 0 Å². The first kappa shape index (κ1) is 23.6. The number of benzene rings is 1. The van der Waals surface area contributed by atoms with Crippen molar-refractivity contribution in [3.05, 3.63) is 29.8 Å². The van der Waals surface area contributed by atoms with Crippen LogP contribution in [-0.2, 0) is 16.0 Å². The first-order valence-electron chi connectivity index (χ1n) is 11.9. The molecule has 1 aromatic carbocycles. The minimum absolute atomic E-state index is 0.0589. The Morgan fingerprint density at radius 1 is 1.13 bits per heavy atom. The molecule has 2 aliphatic rings. The minimum atomic E-state index is -0.670. The van der Waals surface area contributed by atoms with Crippen molar-refractivity contribution in [1.82, 2.24) is 15.1 Å². The van der Waals surface area contributed by atoms with Crippen LogP contribution in [0.5, 0.6) is 5.75 Å². The van der Waals surface area contributed by atoms with E-state index in [2.05, 4.69) is 43.1 Å². The van der Waals surface area contributed by atoms with E-state index in [1.807, 2.05) is 17.0 Å². The highest BCUT2D eigenvalue weighted by atomic mass is 16.5. The molecule has 6 nitrogen and oxygen atoms in total. The van der Waals surface area contributed by atoms with Crippen LogP contribution in [-0.4, -0.2) is 66.5 Å². The molecule has 2 saturated heterocycles. The van der Waals surface area contributed by atoms with Crippen LogP contribution in [0.2, 0.25) is 0 Å². The fraction of sp³-hybridized carbons (Fsp3) is 0.680. The van der Waals surface area contributed by atoms with E-state index in [0.29, 0.717) is 31.7 Å². The standard InChI is InChI=1S/C25H39N3O3/c1-5-6-14-28-23(29)22(18-19(2)3)26-24(30)25(28)12-16-27(17-13-25)15-11-20-7-9-21(31-4)10-8-20/h7-10,19,22H,5-6,11-18H2,1-4H3,(H,26,30)/t22-/m0/s1. The Bertz CT molecular complexity index is 739. The second-order valence-electron chi connectivity index (χ2n) is 9.47. The molecule has 1 aromatic rings. The Morgan fingerprint density at radius 2 is 1.81 bits per heavy atom. The van der Waals surface area contributed by atoms with Crippen LogP contribution in [0.3, 0.4) is 0 Å². The second kappa shape index (κ2) is 10.5. The van der Waals surface area contributed by atoms with Gasteiger partial charge in [-0.25, -0.2) is 0 Å². The molecule has 3 rings (SSSR count). The van der Waals surface area contributed by atoms with Gasteiger partial charge in [-0.1, -0.05) is 39.3 Å². The molecule has 0 bridgehead atoms. The molecule has 1 atom stereocenters. The summed E-state index contributed by atoms with van der Waals surface area (Å²) in [5.41, 5.74) is 0.615. The van der Waals surface area contributed by atoms with E-state index in [4.69, 9.17) is 4.74 Å². The van der Waals surface area contributed by atoms with E-state index in [9.17, 15) is 9.59 Å². The van der Waals surface area contributed by atoms with Gasteiger partial charge in [0.2, 0.25) is 11.8 Å². The number of nitrogens with zero attached hydrogens (tertiary/aromatic N) is 2. The zero-order valence-corrected chi connectivity index (χ0v) is 19.7. The maximum Gasteiger partial charge on any atom is 0.246 e. The number of nitrogens with one attached hydrogen (secondary N) is 1. The molecule has 1 N–H and O–H groups in total. The van der Waals surface area contributed by atoms with Crippen LogP contribution >= 0.6 is 0 Å². The number of rotatable bonds is 9. The highest BCUT2D eigenvalue weighted by molar-refractivity contribution is 6.00. The van der Waals surface area contributed by atoms with Gasteiger partial charge < -0.3 is 19.9 Å². The monoisotopic (exact) mass is 429 g/mol. The maximum absolute atomic E-state index is 13.3. The normalized spacial score (nSPS) is 21.6. The number of hydrogen-bond donors (Lipinski definition) is 1. The van der Waals surface area contributed by atoms with Gasteiger partial charge in [0.15, 0.2) is 0 Å². The summed E-state index contributed by atoms with van der Waals surface area (Å²) in [5.74, 6) is 1.42. The van der Waals surface area contributed by atoms with Crippen molar-refractivity contribution in [2.24, 2.45) is 5.92 Å². The molecule has 1 spiro atoms. The molecule has 6 heteroatoms. The Labute approximate surface area is 187 Å². The van der Waals surface area contributed by atoms with E-state index in [-0.39, 0.29) is 17.9 Å². The molecule has 172 valence electrons. The number of hydrogen-bond acceptors (Lipinski definition) is 4. The molecule has 2 amide bonds. The predicted molar refractivity (Wildman–Crippen MR) is 123 cm³/mol. The van der Waals surface area contributed by atoms with Gasteiger partial charge in [0.1, 0.15) is 17.3 Å². The average molecular weight is 430 g/mol. The first-order valence-corrected chi connectivity index (χ1v) is 11.9. The minimum Gasteiger partial charge on any atom is -0.497 e. The van der Waals surface area contributed by atoms with Crippen LogP contribution in [0, 0.1) is 5.92 Å². The summed E-state index contributed by atoms with van der Waals surface area (Å²) in [7, 11) is 1.68. The molecular formula is C25H39N3O3. The van der Waals surface area contributed by atoms with E-state index in [1.54, 1.807) is 7.11 Å². The molecule has 0 aliphatic carbocycles. The van der Waals surface area contributed by atoms with Crippen molar-refractivity contribution in [3.63, 3.8) is 0 Å². The zero-order chi connectivity index (χ0) is 22.4. The third kappa shape index (κ3) is 5.40. The lowest BCUT2D eigenvalue weighted by atomic mass is 9.80. The molecule has 0 saturated carbocycles. The van der Waals surface area contributed by atoms with Gasteiger partial charge >= 0.3 is 0 Å². The van der Waals surface area contributed by atoms with Gasteiger partial charge in [0.25, 0.3) is 0 Å². The number of methoxy groups -OCH3 is 1. The molecule has 2 fully saturated rings. The Hall–Kier alpha value is -2.08. The first-order chi connectivity index (χ1) is 14.9. The summed E-state index contributed by atoms with van der Waals surface area (Å²) in [5, 5.41) is 3.09. The van der Waals surface area contributed by atoms with Gasteiger partial charge in [-0.15, -0.1) is 0 Å². The van der Waals surface area contributed by atoms with Crippen molar-refractivity contribution in [2.75, 3.05) is 33.3 Å². The summed E-state index contributed by atoms with van der Waals surface area (Å²) in [4.78, 5) is 31.0. The fourth-order valence-electron chi connectivity index (χ4n) is 4.87. The van der Waals surface area contributed by atoms with Crippen LogP contribution in [0.4, 0.5) is 0 Å². The van der Waals surface area contributed by atoms with Crippen LogP contribution in [0.25, 0.3) is 0 Å². The highest BCUT2D eigenvalue weighted by Gasteiger charge is 2.53. The number of unbranched alkanes of at least 4 members (excludes halogenated alkanes) is 1. The second-order valence-corrected chi connectivity index (χ2v) is 9.47. The fourth-order valence-corrected chi connectivity index (χ4v) is 4.87. The lowest BCUT2D eigenvalue weighted by Gasteiger charge is -2.52. The SMILES string of the molecule is CCCCN1C(=O)[C@H](CC(C)C)NC(=O)C12CCN(CCc1ccc(OC)cc1)CC2. The summed E-state index contributed by atoms with van der Waals surface area (Å²) in [6.45, 7) is 9.66. The number of carbonyl (C=O) groups excluding carboxylic acids is 2. The van der Waals surface area contributed by atoms with Gasteiger partial charge in [0, 0.05) is 26.2 Å². The van der Waals surface area contributed by atoms with Crippen LogP contribution in [0.1, 0.15) is 58.4 Å². The smallest absolute Gasteiger partial charge is 0.246 e. The summed E-state index contributed by atoms with van der Waals surface area (Å²) >= 11 is 0. The van der Waals surface area contributed by atoms with E-state index >= 15 is 0 Å². The summed E-state index contributed by atoms with van der Waals surface area (Å²) in [6, 6.07) is 7.84. The largest absolute Gasteiger partial charge is 0.497 e. The summed E-state index contributed by atoms with van der Waals surface area (Å²) < 4.78 is 5.23. The van der Waals surface area contributed by atoms with E-state index in [0.717, 1.165) is 44.6 Å². The lowest BCUT2D eigenvalue weighted by Crippen LogP contribution is -2.73. The molecule has 0 radical (unpaired) electrons. The molecule has 31 heavy (non-hydrogen) atoms. The predicted octanol–water partition coefficient (Wildman–Crippen LogP) is 3.25. The quantitative estimate of drug-likeness (QED) is 0.655. The van der Waals surface area contributed by atoms with Crippen molar-refractivity contribution < 1.29 is 14.3 Å². The molecule has 2 aliphatic heterocycles. The van der Waals surface area contributed by atoms with Crippen molar-refractivity contribution >= 4 is 11.8 Å². The highest BCUT2D eigenvalue weighted by Crippen LogP contribution is 2.34. The number of likely N-dealkylation sites (tertiary alicyclic amines) is 1. The van der Waals surface area contributed by atoms with Crippen molar-refractivity contribution in [3.8, 4) is 5.75 Å². The molecule has 0 unspecified atom stereocenters.